The largest absolute Gasteiger partial charge is 0.326 e. The third-order valence-corrected chi connectivity index (χ3v) is 1.52. The molecule has 0 fully saturated rings. The third kappa shape index (κ3) is 2.05. The van der Waals surface area contributed by atoms with Crippen molar-refractivity contribution in [2.45, 2.75) is 26.7 Å². The molecular weight excluding hydrogens is 134 g/mol. The van der Waals surface area contributed by atoms with Crippen molar-refractivity contribution in [2.24, 2.45) is 5.73 Å². The van der Waals surface area contributed by atoms with Crippen LogP contribution in [0.5, 0.6) is 0 Å². The van der Waals surface area contributed by atoms with Gasteiger partial charge in [-0.05, 0) is 24.4 Å². The molecule has 0 heterocycles. The van der Waals surface area contributed by atoms with E-state index >= 15 is 0 Å². The fraction of sp³-hybridized carbons (Fsp3) is 0.400. The normalized spacial score (nSPS) is 19.3. The van der Waals surface area contributed by atoms with Crippen molar-refractivity contribution < 1.29 is 6.85 Å². The Bertz CT molecular complexity index is 383. The summed E-state index contributed by atoms with van der Waals surface area (Å²) in [7, 11) is 0. The molecule has 1 aromatic carbocycles. The minimum atomic E-state index is -2.67. The van der Waals surface area contributed by atoms with E-state index in [1.54, 1.807) is 13.0 Å². The van der Waals surface area contributed by atoms with Gasteiger partial charge in [0.2, 0.25) is 0 Å². The fourth-order valence-corrected chi connectivity index (χ4v) is 1.05. The van der Waals surface area contributed by atoms with E-state index in [-0.39, 0.29) is 12.1 Å². The molecule has 1 aromatic rings. The molecule has 0 saturated heterocycles. The van der Waals surface area contributed by atoms with Gasteiger partial charge >= 0.3 is 0 Å². The molecule has 1 rings (SSSR count). The summed E-state index contributed by atoms with van der Waals surface area (Å²) in [6, 6.07) is 4.88. The molecule has 0 spiro atoms. The first-order valence-electron chi connectivity index (χ1n) is 5.99. The Balaban J connectivity index is 3.27. The molecule has 11 heavy (non-hydrogen) atoms. The second-order valence-electron chi connectivity index (χ2n) is 2.54. The van der Waals surface area contributed by atoms with Crippen LogP contribution in [0.25, 0.3) is 0 Å². The van der Waals surface area contributed by atoms with Crippen molar-refractivity contribution in [1.29, 1.82) is 0 Å². The van der Waals surface area contributed by atoms with E-state index in [9.17, 15) is 0 Å². The van der Waals surface area contributed by atoms with Gasteiger partial charge in [-0.1, -0.05) is 30.6 Å². The average Bonchev–Trinajstić information content (AvgIpc) is 2.15. The monoisotopic (exact) mass is 154 g/mol. The summed E-state index contributed by atoms with van der Waals surface area (Å²) in [6.45, 7) is -0.614. The Hall–Kier alpha value is -0.820. The minimum Gasteiger partial charge on any atom is -0.326 e. The Morgan fingerprint density at radius 3 is 2.82 bits per heavy atom. The second kappa shape index (κ2) is 3.54. The number of aryl methyl sites for hydroxylation is 2. The highest BCUT2D eigenvalue weighted by Gasteiger charge is 1.94. The third-order valence-electron chi connectivity index (χ3n) is 1.52. The van der Waals surface area contributed by atoms with Crippen LogP contribution in [-0.2, 0) is 12.9 Å². The average molecular weight is 154 g/mol. The van der Waals surface area contributed by atoms with Crippen molar-refractivity contribution in [3.8, 4) is 0 Å². The van der Waals surface area contributed by atoms with Gasteiger partial charge in [0, 0.05) is 13.4 Å². The Kier molecular flexibility index (Phi) is 1.20. The molecule has 0 amide bonds. The number of benzene rings is 1. The zero-order chi connectivity index (χ0) is 12.6. The van der Waals surface area contributed by atoms with E-state index in [1.807, 2.05) is 6.07 Å². The SMILES string of the molecule is [2H]C([2H])([2H])C([2H])([2H])c1cc(C)cc(CN)c1. The molecule has 0 saturated carbocycles. The Morgan fingerprint density at radius 2 is 2.18 bits per heavy atom. The van der Waals surface area contributed by atoms with E-state index in [1.165, 1.54) is 6.07 Å². The molecule has 1 heteroatoms. The smallest absolute Gasteiger partial charge is 0.0313 e. The van der Waals surface area contributed by atoms with Gasteiger partial charge in [-0.25, -0.2) is 0 Å². The van der Waals surface area contributed by atoms with Crippen molar-refractivity contribution in [2.75, 3.05) is 0 Å². The predicted molar refractivity (Wildman–Crippen MR) is 48.4 cm³/mol. The standard InChI is InChI=1S/C10H15N/c1-3-9-4-8(2)5-10(6-9)7-11/h4-6H,3,7,11H2,1-2H3/i1D3,3D2. The molecule has 0 atom stereocenters. The molecule has 60 valence electrons. The van der Waals surface area contributed by atoms with Crippen LogP contribution in [0.4, 0.5) is 0 Å². The van der Waals surface area contributed by atoms with Gasteiger partial charge in [0.05, 0.1) is 0 Å². The first-order chi connectivity index (χ1) is 7.18. The maximum absolute atomic E-state index is 7.65. The van der Waals surface area contributed by atoms with E-state index < -0.39 is 13.2 Å². The molecule has 2 N–H and O–H groups in total. The number of rotatable bonds is 2. The van der Waals surface area contributed by atoms with Gasteiger partial charge in [-0.15, -0.1) is 0 Å². The van der Waals surface area contributed by atoms with E-state index in [4.69, 9.17) is 12.6 Å². The van der Waals surface area contributed by atoms with Crippen LogP contribution < -0.4 is 5.73 Å². The molecule has 1 nitrogen and oxygen atoms in total. The topological polar surface area (TPSA) is 26.0 Å². The highest BCUT2D eigenvalue weighted by molar-refractivity contribution is 5.29. The van der Waals surface area contributed by atoms with Crippen LogP contribution in [0, 0.1) is 6.92 Å². The van der Waals surface area contributed by atoms with Crippen LogP contribution in [-0.4, -0.2) is 0 Å². The van der Waals surface area contributed by atoms with Gasteiger partial charge in [0.1, 0.15) is 0 Å². The highest BCUT2D eigenvalue weighted by atomic mass is 14.5. The Morgan fingerprint density at radius 1 is 1.45 bits per heavy atom. The second-order valence-corrected chi connectivity index (χ2v) is 2.54. The van der Waals surface area contributed by atoms with Gasteiger partial charge in [0.15, 0.2) is 0 Å². The minimum absolute atomic E-state index is 0.160. The highest BCUT2D eigenvalue weighted by Crippen LogP contribution is 2.09. The maximum Gasteiger partial charge on any atom is 0.0313 e. The summed E-state index contributed by atoms with van der Waals surface area (Å²) in [6.07, 6.45) is -2.34. The van der Waals surface area contributed by atoms with Crippen molar-refractivity contribution >= 4 is 0 Å². The van der Waals surface area contributed by atoms with Crippen LogP contribution >= 0.6 is 0 Å². The number of hydrogen-bond donors (Lipinski definition) is 1. The van der Waals surface area contributed by atoms with Crippen molar-refractivity contribution in [3.63, 3.8) is 0 Å². The lowest BCUT2D eigenvalue weighted by atomic mass is 10.1. The predicted octanol–water partition coefficient (Wildman–Crippen LogP) is 2.02. The summed E-state index contributed by atoms with van der Waals surface area (Å²) >= 11 is 0. The lowest BCUT2D eigenvalue weighted by molar-refractivity contribution is 1.04. The zero-order valence-corrected chi connectivity index (χ0v) is 6.52. The summed E-state index contributed by atoms with van der Waals surface area (Å²) in [5.41, 5.74) is 7.19. The maximum atomic E-state index is 7.65. The number of nitrogens with two attached hydrogens (primary N) is 1. The lowest BCUT2D eigenvalue weighted by Crippen LogP contribution is -1.97. The van der Waals surface area contributed by atoms with Gasteiger partial charge in [-0.2, -0.15) is 0 Å². The van der Waals surface area contributed by atoms with Gasteiger partial charge in [-0.3, -0.25) is 0 Å². The van der Waals surface area contributed by atoms with Crippen molar-refractivity contribution in [3.05, 3.63) is 34.9 Å². The molecule has 0 bridgehead atoms. The van der Waals surface area contributed by atoms with Gasteiger partial charge < -0.3 is 5.73 Å². The quantitative estimate of drug-likeness (QED) is 0.693. The fourth-order valence-electron chi connectivity index (χ4n) is 1.05. The molecule has 0 radical (unpaired) electrons. The number of hydrogen-bond acceptors (Lipinski definition) is 1. The van der Waals surface area contributed by atoms with Crippen LogP contribution in [0.15, 0.2) is 18.2 Å². The molecule has 0 aliphatic rings. The Labute approximate surface area is 75.3 Å². The lowest BCUT2D eigenvalue weighted by Gasteiger charge is -2.02. The molecule has 0 aliphatic carbocycles. The summed E-state index contributed by atoms with van der Waals surface area (Å²) < 4.78 is 36.9. The first-order valence-corrected chi connectivity index (χ1v) is 3.49. The van der Waals surface area contributed by atoms with Gasteiger partial charge in [0.25, 0.3) is 0 Å². The molecule has 0 aliphatic heterocycles. The molecular formula is C10H15N. The van der Waals surface area contributed by atoms with E-state index in [2.05, 4.69) is 0 Å². The molecule has 0 aromatic heterocycles. The van der Waals surface area contributed by atoms with Crippen molar-refractivity contribution in [1.82, 2.24) is 0 Å². The summed E-state index contributed by atoms with van der Waals surface area (Å²) in [4.78, 5) is 0. The molecule has 0 unspecified atom stereocenters. The summed E-state index contributed by atoms with van der Waals surface area (Å²) in [5.74, 6) is 0. The van der Waals surface area contributed by atoms with Crippen LogP contribution in [0.3, 0.4) is 0 Å². The van der Waals surface area contributed by atoms with Crippen LogP contribution in [0.2, 0.25) is 0 Å². The van der Waals surface area contributed by atoms with E-state index in [0.717, 1.165) is 11.1 Å². The zero-order valence-electron chi connectivity index (χ0n) is 11.5. The first kappa shape index (κ1) is 3.72. The van der Waals surface area contributed by atoms with Crippen LogP contribution in [0.1, 0.15) is 30.4 Å². The summed E-state index contributed by atoms with van der Waals surface area (Å²) in [5, 5.41) is 0. The van der Waals surface area contributed by atoms with E-state index in [0.29, 0.717) is 0 Å².